The highest BCUT2D eigenvalue weighted by Gasteiger charge is 2.28. The molecule has 4 aromatic rings. The number of para-hydroxylation sites is 1. The monoisotopic (exact) mass is 371 g/mol. The second-order valence-electron chi connectivity index (χ2n) is 7.05. The molecule has 0 spiro atoms. The summed E-state index contributed by atoms with van der Waals surface area (Å²) >= 11 is 0. The molecule has 2 N–H and O–H groups in total. The van der Waals surface area contributed by atoms with E-state index in [9.17, 15) is 9.90 Å². The fraction of sp³-hybridized carbons (Fsp3) is 0.125. The van der Waals surface area contributed by atoms with E-state index in [1.165, 1.54) is 0 Å². The molecule has 4 heteroatoms. The van der Waals surface area contributed by atoms with Crippen molar-refractivity contribution in [2.75, 3.05) is 6.54 Å². The lowest BCUT2D eigenvalue weighted by Gasteiger charge is -2.21. The third-order valence-corrected chi connectivity index (χ3v) is 4.80. The van der Waals surface area contributed by atoms with Gasteiger partial charge in [-0.1, -0.05) is 60.7 Å². The molecule has 1 atom stereocenters. The topological polar surface area (TPSA) is 62.5 Å². The normalized spacial score (nSPS) is 13.2. The van der Waals surface area contributed by atoms with Crippen LogP contribution in [0.5, 0.6) is 0 Å². The van der Waals surface area contributed by atoms with Gasteiger partial charge >= 0.3 is 0 Å². The first-order chi connectivity index (χ1) is 13.5. The molecular weight excluding hydrogens is 350 g/mol. The van der Waals surface area contributed by atoms with Crippen LogP contribution in [0.4, 0.5) is 0 Å². The molecule has 0 bridgehead atoms. The number of amides is 1. The van der Waals surface area contributed by atoms with Crippen molar-refractivity contribution in [2.24, 2.45) is 0 Å². The summed E-state index contributed by atoms with van der Waals surface area (Å²) in [5, 5.41) is 14.5. The number of benzene rings is 3. The molecule has 0 fully saturated rings. The van der Waals surface area contributed by atoms with Gasteiger partial charge in [0.25, 0.3) is 5.91 Å². The number of hydrogen-bond acceptors (Lipinski definition) is 3. The second kappa shape index (κ2) is 7.33. The van der Waals surface area contributed by atoms with E-state index in [-0.39, 0.29) is 12.5 Å². The lowest BCUT2D eigenvalue weighted by atomic mass is 10.0. The number of hydrogen-bond donors (Lipinski definition) is 2. The molecule has 0 radical (unpaired) electrons. The minimum Gasteiger partial charge on any atom is -0.458 e. The van der Waals surface area contributed by atoms with Gasteiger partial charge in [0.2, 0.25) is 0 Å². The highest BCUT2D eigenvalue weighted by atomic mass is 16.4. The van der Waals surface area contributed by atoms with Crippen molar-refractivity contribution in [3.63, 3.8) is 0 Å². The van der Waals surface area contributed by atoms with Gasteiger partial charge in [-0.3, -0.25) is 4.79 Å². The Hall–Kier alpha value is -3.37. The van der Waals surface area contributed by atoms with Crippen molar-refractivity contribution in [1.82, 2.24) is 5.32 Å². The van der Waals surface area contributed by atoms with Gasteiger partial charge in [-0.25, -0.2) is 0 Å². The molecule has 0 saturated carbocycles. The summed E-state index contributed by atoms with van der Waals surface area (Å²) in [6.45, 7) is 1.68. The maximum atomic E-state index is 12.5. The molecule has 1 heterocycles. The summed E-state index contributed by atoms with van der Waals surface area (Å²) in [4.78, 5) is 12.5. The van der Waals surface area contributed by atoms with Crippen LogP contribution in [0.1, 0.15) is 23.0 Å². The standard InChI is InChI=1S/C24H21NO3/c1-24(27,22-15-20-9-5-6-10-21(20)28-22)16-25-23(26)19-13-11-18(12-14-19)17-7-3-2-4-8-17/h2-15,27H,16H2,1H3,(H,25,26). The van der Waals surface area contributed by atoms with Crippen molar-refractivity contribution in [1.29, 1.82) is 0 Å². The number of nitrogens with one attached hydrogen (secondary N) is 1. The summed E-state index contributed by atoms with van der Waals surface area (Å²) in [5.74, 6) is 0.185. The molecule has 0 aliphatic heterocycles. The summed E-state index contributed by atoms with van der Waals surface area (Å²) in [5.41, 5.74) is 2.09. The maximum Gasteiger partial charge on any atom is 0.251 e. The molecule has 0 saturated heterocycles. The Bertz CT molecular complexity index is 1060. The minimum absolute atomic E-state index is 0.0477. The summed E-state index contributed by atoms with van der Waals surface area (Å²) < 4.78 is 5.73. The minimum atomic E-state index is -1.31. The Kier molecular flexibility index (Phi) is 4.72. The Labute approximate surface area is 163 Å². The van der Waals surface area contributed by atoms with Gasteiger partial charge in [-0.15, -0.1) is 0 Å². The predicted octanol–water partition coefficient (Wildman–Crippen LogP) is 4.74. The van der Waals surface area contributed by atoms with E-state index in [0.717, 1.165) is 16.5 Å². The van der Waals surface area contributed by atoms with Gasteiger partial charge in [0.15, 0.2) is 0 Å². The van der Waals surface area contributed by atoms with Crippen LogP contribution >= 0.6 is 0 Å². The Morgan fingerprint density at radius 2 is 1.57 bits per heavy atom. The molecule has 0 aliphatic rings. The number of carbonyl (C=O) groups excluding carboxylic acids is 1. The SMILES string of the molecule is CC(O)(CNC(=O)c1ccc(-c2ccccc2)cc1)c1cc2ccccc2o1. The largest absolute Gasteiger partial charge is 0.458 e. The number of carbonyl (C=O) groups is 1. The van der Waals surface area contributed by atoms with Crippen LogP contribution in [0, 0.1) is 0 Å². The third kappa shape index (κ3) is 3.68. The highest BCUT2D eigenvalue weighted by Crippen LogP contribution is 2.27. The first-order valence-electron chi connectivity index (χ1n) is 9.18. The van der Waals surface area contributed by atoms with Crippen molar-refractivity contribution in [2.45, 2.75) is 12.5 Å². The lowest BCUT2D eigenvalue weighted by molar-refractivity contribution is 0.0344. The Balaban J connectivity index is 1.44. The molecule has 1 aromatic heterocycles. The van der Waals surface area contributed by atoms with Crippen LogP contribution in [-0.4, -0.2) is 17.6 Å². The molecule has 1 amide bonds. The molecule has 1 unspecified atom stereocenters. The van der Waals surface area contributed by atoms with Crippen LogP contribution in [0.2, 0.25) is 0 Å². The van der Waals surface area contributed by atoms with E-state index in [2.05, 4.69) is 5.32 Å². The first kappa shape index (κ1) is 18.0. The van der Waals surface area contributed by atoms with Gasteiger partial charge in [0.1, 0.15) is 16.9 Å². The molecule has 4 rings (SSSR count). The Morgan fingerprint density at radius 1 is 0.929 bits per heavy atom. The third-order valence-electron chi connectivity index (χ3n) is 4.80. The Morgan fingerprint density at radius 3 is 2.29 bits per heavy atom. The first-order valence-corrected chi connectivity index (χ1v) is 9.18. The average molecular weight is 371 g/mol. The van der Waals surface area contributed by atoms with E-state index in [1.807, 2.05) is 66.7 Å². The van der Waals surface area contributed by atoms with Gasteiger partial charge in [0.05, 0.1) is 6.54 Å². The van der Waals surface area contributed by atoms with E-state index in [0.29, 0.717) is 16.9 Å². The predicted molar refractivity (Wildman–Crippen MR) is 110 cm³/mol. The van der Waals surface area contributed by atoms with Gasteiger partial charge in [-0.2, -0.15) is 0 Å². The van der Waals surface area contributed by atoms with Crippen molar-refractivity contribution in [3.05, 3.63) is 96.3 Å². The quantitative estimate of drug-likeness (QED) is 0.533. The molecule has 28 heavy (non-hydrogen) atoms. The molecule has 0 aliphatic carbocycles. The number of aliphatic hydroxyl groups is 1. The van der Waals surface area contributed by atoms with Crippen molar-refractivity contribution in [3.8, 4) is 11.1 Å². The highest BCUT2D eigenvalue weighted by molar-refractivity contribution is 5.94. The molecule has 140 valence electrons. The van der Waals surface area contributed by atoms with Gasteiger partial charge in [-0.05, 0) is 42.3 Å². The second-order valence-corrected chi connectivity index (χ2v) is 7.05. The summed E-state index contributed by atoms with van der Waals surface area (Å²) in [7, 11) is 0. The molecule has 3 aromatic carbocycles. The van der Waals surface area contributed by atoms with Crippen LogP contribution < -0.4 is 5.32 Å². The zero-order valence-corrected chi connectivity index (χ0v) is 15.6. The fourth-order valence-corrected chi connectivity index (χ4v) is 3.13. The summed E-state index contributed by atoms with van der Waals surface area (Å²) in [6.07, 6.45) is 0. The maximum absolute atomic E-state index is 12.5. The van der Waals surface area contributed by atoms with Gasteiger partial charge in [0, 0.05) is 10.9 Å². The molecule has 4 nitrogen and oxygen atoms in total. The zero-order chi connectivity index (χ0) is 19.6. The smallest absolute Gasteiger partial charge is 0.251 e. The van der Waals surface area contributed by atoms with Crippen LogP contribution in [0.3, 0.4) is 0 Å². The van der Waals surface area contributed by atoms with E-state index >= 15 is 0 Å². The van der Waals surface area contributed by atoms with Gasteiger partial charge < -0.3 is 14.8 Å². The zero-order valence-electron chi connectivity index (χ0n) is 15.6. The average Bonchev–Trinajstić information content (AvgIpc) is 3.18. The van der Waals surface area contributed by atoms with Crippen molar-refractivity contribution < 1.29 is 14.3 Å². The van der Waals surface area contributed by atoms with E-state index < -0.39 is 5.60 Å². The summed E-state index contributed by atoms with van der Waals surface area (Å²) in [6, 6.07) is 26.8. The lowest BCUT2D eigenvalue weighted by Crippen LogP contribution is -2.38. The number of furan rings is 1. The van der Waals surface area contributed by atoms with Crippen LogP contribution in [-0.2, 0) is 5.60 Å². The fourth-order valence-electron chi connectivity index (χ4n) is 3.13. The van der Waals surface area contributed by atoms with Crippen LogP contribution in [0.15, 0.2) is 89.3 Å². The van der Waals surface area contributed by atoms with Crippen molar-refractivity contribution >= 4 is 16.9 Å². The van der Waals surface area contributed by atoms with E-state index in [1.54, 1.807) is 25.1 Å². The number of fused-ring (bicyclic) bond motifs is 1. The van der Waals surface area contributed by atoms with Crippen LogP contribution in [0.25, 0.3) is 22.1 Å². The number of rotatable bonds is 5. The molecular formula is C24H21NO3. The van der Waals surface area contributed by atoms with E-state index in [4.69, 9.17) is 4.42 Å².